The van der Waals surface area contributed by atoms with E-state index in [1.165, 1.54) is 36.4 Å². The highest BCUT2D eigenvalue weighted by Crippen LogP contribution is 2.37. The van der Waals surface area contributed by atoms with Crippen LogP contribution in [0.3, 0.4) is 0 Å². The highest BCUT2D eigenvalue weighted by Gasteiger charge is 2.48. The Bertz CT molecular complexity index is 934. The van der Waals surface area contributed by atoms with Crippen LogP contribution in [0, 0.1) is 0 Å². The van der Waals surface area contributed by atoms with Crippen LogP contribution in [0.25, 0.3) is 0 Å². The number of carbonyl (C=O) groups is 1. The second-order valence-corrected chi connectivity index (χ2v) is 7.93. The van der Waals surface area contributed by atoms with Crippen molar-refractivity contribution in [1.29, 1.82) is 0 Å². The molecule has 0 spiro atoms. The van der Waals surface area contributed by atoms with Gasteiger partial charge >= 0.3 is 5.51 Å². The number of alkyl halides is 3. The molecular weight excluding hydrogens is 383 g/mol. The van der Waals surface area contributed by atoms with E-state index in [-0.39, 0.29) is 11.7 Å². The van der Waals surface area contributed by atoms with E-state index in [0.29, 0.717) is 18.7 Å². The molecular formula is C18H16F3NO4S. The van der Waals surface area contributed by atoms with Gasteiger partial charge in [-0.1, -0.05) is 12.1 Å². The summed E-state index contributed by atoms with van der Waals surface area (Å²) in [6, 6.07) is 10.4. The molecule has 1 fully saturated rings. The quantitative estimate of drug-likeness (QED) is 0.779. The normalized spacial score (nSPS) is 15.0. The molecule has 27 heavy (non-hydrogen) atoms. The van der Waals surface area contributed by atoms with Gasteiger partial charge in [-0.05, 0) is 49.2 Å². The highest BCUT2D eigenvalue weighted by atomic mass is 32.2. The van der Waals surface area contributed by atoms with Crippen LogP contribution < -0.4 is 4.74 Å². The first-order valence-electron chi connectivity index (χ1n) is 8.18. The van der Waals surface area contributed by atoms with Gasteiger partial charge in [0.1, 0.15) is 16.4 Å². The van der Waals surface area contributed by atoms with Crippen LogP contribution in [0.5, 0.6) is 11.5 Å². The molecule has 2 aromatic carbocycles. The third-order valence-electron chi connectivity index (χ3n) is 4.17. The molecule has 0 bridgehead atoms. The van der Waals surface area contributed by atoms with E-state index in [9.17, 15) is 26.4 Å². The summed E-state index contributed by atoms with van der Waals surface area (Å²) < 4.78 is 67.3. The summed E-state index contributed by atoms with van der Waals surface area (Å²) in [4.78, 5) is 13.1. The molecule has 1 aliphatic rings. The lowest BCUT2D eigenvalue weighted by Crippen LogP contribution is -2.27. The Morgan fingerprint density at radius 2 is 1.56 bits per heavy atom. The molecule has 0 radical (unpaired) electrons. The standard InChI is InChI=1S/C18H16F3NO4S/c19-18(20,21)27(24,25)16-6-2-1-5-15(16)26-14-9-7-13(8-10-14)17(23)22-11-3-4-12-22/h1-2,5-10H,3-4,11-12H2. The van der Waals surface area contributed by atoms with Gasteiger partial charge in [-0.25, -0.2) is 8.42 Å². The van der Waals surface area contributed by atoms with E-state index in [1.54, 1.807) is 4.90 Å². The Morgan fingerprint density at radius 3 is 2.15 bits per heavy atom. The lowest BCUT2D eigenvalue weighted by Gasteiger charge is -2.16. The predicted molar refractivity (Wildman–Crippen MR) is 91.3 cm³/mol. The Balaban J connectivity index is 1.83. The summed E-state index contributed by atoms with van der Waals surface area (Å²) in [6.07, 6.45) is 1.91. The first kappa shape index (κ1) is 19.2. The molecule has 0 N–H and O–H groups in total. The van der Waals surface area contributed by atoms with Gasteiger partial charge in [0.15, 0.2) is 0 Å². The monoisotopic (exact) mass is 399 g/mol. The minimum atomic E-state index is -5.55. The number of ether oxygens (including phenoxy) is 1. The number of para-hydroxylation sites is 1. The zero-order valence-corrected chi connectivity index (χ0v) is 14.9. The number of benzene rings is 2. The smallest absolute Gasteiger partial charge is 0.456 e. The lowest BCUT2D eigenvalue weighted by atomic mass is 10.2. The molecule has 1 saturated heterocycles. The third kappa shape index (κ3) is 3.92. The Hall–Kier alpha value is -2.55. The summed E-state index contributed by atoms with van der Waals surface area (Å²) in [5.74, 6) is -0.439. The van der Waals surface area contributed by atoms with Gasteiger partial charge in [-0.2, -0.15) is 13.2 Å². The largest absolute Gasteiger partial charge is 0.502 e. The second-order valence-electron chi connectivity index (χ2n) is 6.02. The van der Waals surface area contributed by atoms with Crippen molar-refractivity contribution in [3.63, 3.8) is 0 Å². The molecule has 144 valence electrons. The van der Waals surface area contributed by atoms with Crippen molar-refractivity contribution in [2.24, 2.45) is 0 Å². The van der Waals surface area contributed by atoms with Crippen LogP contribution in [-0.2, 0) is 9.84 Å². The molecule has 1 aliphatic heterocycles. The molecule has 5 nitrogen and oxygen atoms in total. The Kier molecular flexibility index (Phi) is 5.14. The maximum absolute atomic E-state index is 12.8. The number of amides is 1. The number of likely N-dealkylation sites (tertiary alicyclic amines) is 1. The number of hydrogen-bond donors (Lipinski definition) is 0. The van der Waals surface area contributed by atoms with E-state index in [1.807, 2.05) is 0 Å². The average Bonchev–Trinajstić information content (AvgIpc) is 3.16. The van der Waals surface area contributed by atoms with Gasteiger partial charge in [-0.3, -0.25) is 4.79 Å². The number of sulfone groups is 1. The maximum atomic E-state index is 12.8. The molecule has 2 aromatic rings. The van der Waals surface area contributed by atoms with Gasteiger partial charge in [0, 0.05) is 18.7 Å². The lowest BCUT2D eigenvalue weighted by molar-refractivity contribution is -0.0437. The molecule has 0 unspecified atom stereocenters. The van der Waals surface area contributed by atoms with E-state index >= 15 is 0 Å². The van der Waals surface area contributed by atoms with Crippen molar-refractivity contribution in [3.8, 4) is 11.5 Å². The van der Waals surface area contributed by atoms with E-state index in [2.05, 4.69) is 0 Å². The minimum absolute atomic E-state index is 0.123. The summed E-state index contributed by atoms with van der Waals surface area (Å²) in [7, 11) is -5.55. The molecule has 9 heteroatoms. The minimum Gasteiger partial charge on any atom is -0.456 e. The summed E-state index contributed by atoms with van der Waals surface area (Å²) in [5, 5.41) is 0. The first-order chi connectivity index (χ1) is 12.7. The van der Waals surface area contributed by atoms with Crippen LogP contribution in [0.1, 0.15) is 23.2 Å². The molecule has 1 amide bonds. The van der Waals surface area contributed by atoms with E-state index in [4.69, 9.17) is 4.74 Å². The fourth-order valence-electron chi connectivity index (χ4n) is 2.78. The summed E-state index contributed by atoms with van der Waals surface area (Å²) >= 11 is 0. The average molecular weight is 399 g/mol. The van der Waals surface area contributed by atoms with Gasteiger partial charge in [-0.15, -0.1) is 0 Å². The van der Waals surface area contributed by atoms with Gasteiger partial charge < -0.3 is 9.64 Å². The van der Waals surface area contributed by atoms with Crippen molar-refractivity contribution >= 4 is 15.7 Å². The third-order valence-corrected chi connectivity index (χ3v) is 5.69. The topological polar surface area (TPSA) is 63.7 Å². The fourth-order valence-corrected chi connectivity index (χ4v) is 3.66. The fraction of sp³-hybridized carbons (Fsp3) is 0.278. The van der Waals surface area contributed by atoms with Gasteiger partial charge in [0.25, 0.3) is 15.7 Å². The molecule has 1 heterocycles. The van der Waals surface area contributed by atoms with Crippen molar-refractivity contribution in [2.45, 2.75) is 23.2 Å². The SMILES string of the molecule is O=C(c1ccc(Oc2ccccc2S(=O)(=O)C(F)(F)F)cc1)N1CCCC1. The van der Waals surface area contributed by atoms with Crippen LogP contribution >= 0.6 is 0 Å². The number of halogens is 3. The van der Waals surface area contributed by atoms with E-state index < -0.39 is 26.0 Å². The molecule has 0 aliphatic carbocycles. The van der Waals surface area contributed by atoms with Gasteiger partial charge in [0.2, 0.25) is 0 Å². The zero-order valence-electron chi connectivity index (χ0n) is 14.1. The maximum Gasteiger partial charge on any atom is 0.502 e. The number of hydrogen-bond acceptors (Lipinski definition) is 4. The number of rotatable bonds is 4. The molecule has 0 saturated carbocycles. The van der Waals surface area contributed by atoms with Crippen LogP contribution in [0.4, 0.5) is 13.2 Å². The van der Waals surface area contributed by atoms with Crippen molar-refractivity contribution in [1.82, 2.24) is 4.90 Å². The number of carbonyl (C=O) groups excluding carboxylic acids is 1. The second kappa shape index (κ2) is 7.22. The Morgan fingerprint density at radius 1 is 0.963 bits per heavy atom. The number of nitrogens with zero attached hydrogens (tertiary/aromatic N) is 1. The molecule has 0 aromatic heterocycles. The molecule has 0 atom stereocenters. The van der Waals surface area contributed by atoms with Crippen LogP contribution in [0.2, 0.25) is 0 Å². The Labute approximate surface area is 154 Å². The van der Waals surface area contributed by atoms with Crippen molar-refractivity contribution < 1.29 is 31.1 Å². The zero-order chi connectivity index (χ0) is 19.7. The molecule has 3 rings (SSSR count). The van der Waals surface area contributed by atoms with Crippen molar-refractivity contribution in [2.75, 3.05) is 13.1 Å². The van der Waals surface area contributed by atoms with Crippen molar-refractivity contribution in [3.05, 3.63) is 54.1 Å². The summed E-state index contributed by atoms with van der Waals surface area (Å²) in [5.41, 5.74) is -5.00. The summed E-state index contributed by atoms with van der Waals surface area (Å²) in [6.45, 7) is 1.39. The highest BCUT2D eigenvalue weighted by molar-refractivity contribution is 7.92. The van der Waals surface area contributed by atoms with Gasteiger partial charge in [0.05, 0.1) is 0 Å². The van der Waals surface area contributed by atoms with Crippen LogP contribution in [-0.4, -0.2) is 37.8 Å². The first-order valence-corrected chi connectivity index (χ1v) is 9.66. The predicted octanol–water partition coefficient (Wildman–Crippen LogP) is 4.01. The van der Waals surface area contributed by atoms with Crippen LogP contribution in [0.15, 0.2) is 53.4 Å². The van der Waals surface area contributed by atoms with E-state index in [0.717, 1.165) is 25.0 Å².